The fraction of sp³-hybridized carbons (Fsp3) is 0.423. The van der Waals surface area contributed by atoms with Crippen molar-refractivity contribution >= 4 is 33.7 Å². The molecule has 2 aliphatic heterocycles. The van der Waals surface area contributed by atoms with E-state index in [1.165, 1.54) is 4.90 Å². The number of aliphatic hydroxyl groups is 1. The summed E-state index contributed by atoms with van der Waals surface area (Å²) in [4.78, 5) is 43.1. The van der Waals surface area contributed by atoms with Gasteiger partial charge < -0.3 is 20.2 Å². The number of amides is 3. The highest BCUT2D eigenvalue weighted by Crippen LogP contribution is 2.30. The monoisotopic (exact) mass is 527 g/mol. The highest BCUT2D eigenvalue weighted by atomic mass is 79.9. The molecule has 2 aromatic rings. The molecule has 4 rings (SSSR count). The number of nitrogens with one attached hydrogen (secondary N) is 1. The Bertz CT molecular complexity index is 1090. The highest BCUT2D eigenvalue weighted by Gasteiger charge is 2.45. The first-order valence-corrected chi connectivity index (χ1v) is 12.4. The van der Waals surface area contributed by atoms with Gasteiger partial charge in [0.2, 0.25) is 11.8 Å². The van der Waals surface area contributed by atoms with Crippen LogP contribution in [-0.2, 0) is 16.1 Å². The molecule has 8 heteroatoms. The van der Waals surface area contributed by atoms with Crippen LogP contribution in [0.2, 0.25) is 0 Å². The molecule has 0 saturated carbocycles. The van der Waals surface area contributed by atoms with Gasteiger partial charge in [-0.05, 0) is 42.2 Å². The molecule has 2 aromatic carbocycles. The van der Waals surface area contributed by atoms with Gasteiger partial charge in [-0.2, -0.15) is 0 Å². The second-order valence-electron chi connectivity index (χ2n) is 9.46. The average molecular weight is 528 g/mol. The SMILES string of the molecule is CC(C)C(C(=O)N1C[C@H](O)C[C@H]1C(=O)N[C@@H](C)c1ccc(Br)cc1)N1Cc2ccccc2C1=O. The maximum absolute atomic E-state index is 13.8. The second-order valence-corrected chi connectivity index (χ2v) is 10.4. The number of likely N-dealkylation sites (tertiary alicyclic amines) is 1. The van der Waals surface area contributed by atoms with Crippen molar-refractivity contribution in [3.63, 3.8) is 0 Å². The molecule has 0 spiro atoms. The fourth-order valence-electron chi connectivity index (χ4n) is 4.90. The van der Waals surface area contributed by atoms with E-state index in [0.717, 1.165) is 15.6 Å². The van der Waals surface area contributed by atoms with Crippen LogP contribution >= 0.6 is 15.9 Å². The van der Waals surface area contributed by atoms with E-state index in [0.29, 0.717) is 12.1 Å². The normalized spacial score (nSPS) is 21.5. The van der Waals surface area contributed by atoms with E-state index in [1.54, 1.807) is 11.0 Å². The highest BCUT2D eigenvalue weighted by molar-refractivity contribution is 9.10. The third-order valence-corrected chi connectivity index (χ3v) is 7.19. The minimum Gasteiger partial charge on any atom is -0.391 e. The minimum atomic E-state index is -0.790. The topological polar surface area (TPSA) is 89.9 Å². The number of nitrogens with zero attached hydrogens (tertiary/aromatic N) is 2. The molecule has 2 aliphatic rings. The van der Waals surface area contributed by atoms with Gasteiger partial charge in [0.1, 0.15) is 12.1 Å². The lowest BCUT2D eigenvalue weighted by Gasteiger charge is -2.35. The van der Waals surface area contributed by atoms with Crippen LogP contribution in [-0.4, -0.2) is 57.4 Å². The molecule has 4 atom stereocenters. The number of aliphatic hydroxyl groups excluding tert-OH is 1. The molecule has 0 aromatic heterocycles. The zero-order valence-electron chi connectivity index (χ0n) is 19.6. The molecule has 7 nitrogen and oxygen atoms in total. The van der Waals surface area contributed by atoms with E-state index in [2.05, 4.69) is 21.2 Å². The molecule has 2 N–H and O–H groups in total. The van der Waals surface area contributed by atoms with Gasteiger partial charge >= 0.3 is 0 Å². The number of hydrogen-bond donors (Lipinski definition) is 2. The number of halogens is 1. The Morgan fingerprint density at radius 1 is 1.09 bits per heavy atom. The van der Waals surface area contributed by atoms with Gasteiger partial charge in [0.25, 0.3) is 5.91 Å². The zero-order chi connectivity index (χ0) is 24.6. The second kappa shape index (κ2) is 9.88. The van der Waals surface area contributed by atoms with E-state index < -0.39 is 18.2 Å². The number of β-amino-alcohol motifs (C(OH)–C–C–N with tert-alkyl or cyclic N) is 1. The van der Waals surface area contributed by atoms with E-state index in [1.807, 2.05) is 63.2 Å². The molecular weight excluding hydrogens is 498 g/mol. The Morgan fingerprint density at radius 3 is 2.41 bits per heavy atom. The van der Waals surface area contributed by atoms with Gasteiger partial charge in [0.05, 0.1) is 12.1 Å². The number of carbonyl (C=O) groups is 3. The van der Waals surface area contributed by atoms with Gasteiger partial charge in [0.15, 0.2) is 0 Å². The summed E-state index contributed by atoms with van der Waals surface area (Å²) in [6.45, 7) is 6.11. The average Bonchev–Trinajstić information content (AvgIpc) is 3.34. The largest absolute Gasteiger partial charge is 0.391 e. The molecule has 0 bridgehead atoms. The molecule has 0 aliphatic carbocycles. The van der Waals surface area contributed by atoms with E-state index in [9.17, 15) is 19.5 Å². The van der Waals surface area contributed by atoms with Crippen molar-refractivity contribution in [2.45, 2.75) is 58.0 Å². The minimum absolute atomic E-state index is 0.0712. The maximum atomic E-state index is 13.8. The fourth-order valence-corrected chi connectivity index (χ4v) is 5.16. The molecule has 3 amide bonds. The number of hydrogen-bond acceptors (Lipinski definition) is 4. The van der Waals surface area contributed by atoms with Crippen LogP contribution in [0.4, 0.5) is 0 Å². The molecule has 1 saturated heterocycles. The molecule has 180 valence electrons. The van der Waals surface area contributed by atoms with Gasteiger partial charge in [-0.15, -0.1) is 0 Å². The lowest BCUT2D eigenvalue weighted by Crippen LogP contribution is -2.55. The van der Waals surface area contributed by atoms with Gasteiger partial charge in [0, 0.05) is 29.5 Å². The Labute approximate surface area is 208 Å². The van der Waals surface area contributed by atoms with Crippen LogP contribution in [0.25, 0.3) is 0 Å². The Kier molecular flexibility index (Phi) is 7.09. The van der Waals surface area contributed by atoms with Crippen molar-refractivity contribution in [1.82, 2.24) is 15.1 Å². The smallest absolute Gasteiger partial charge is 0.255 e. The first-order chi connectivity index (χ1) is 16.2. The van der Waals surface area contributed by atoms with Crippen LogP contribution in [0.3, 0.4) is 0 Å². The summed E-state index contributed by atoms with van der Waals surface area (Å²) in [5.74, 6) is -0.941. The Hall–Kier alpha value is -2.71. The molecular formula is C26H30BrN3O4. The van der Waals surface area contributed by atoms with E-state index >= 15 is 0 Å². The first kappa shape index (κ1) is 24.4. The van der Waals surface area contributed by atoms with Gasteiger partial charge in [-0.1, -0.05) is 60.1 Å². The van der Waals surface area contributed by atoms with Crippen LogP contribution in [0, 0.1) is 5.92 Å². The Morgan fingerprint density at radius 2 is 1.76 bits per heavy atom. The lowest BCUT2D eigenvalue weighted by atomic mass is 10.00. The van der Waals surface area contributed by atoms with Crippen LogP contribution in [0.5, 0.6) is 0 Å². The summed E-state index contributed by atoms with van der Waals surface area (Å²) in [5.41, 5.74) is 2.44. The lowest BCUT2D eigenvalue weighted by molar-refractivity contribution is -0.143. The molecule has 2 heterocycles. The maximum Gasteiger partial charge on any atom is 0.255 e. The summed E-state index contributed by atoms with van der Waals surface area (Å²) in [7, 11) is 0. The summed E-state index contributed by atoms with van der Waals surface area (Å²) in [5, 5.41) is 13.4. The molecule has 34 heavy (non-hydrogen) atoms. The zero-order valence-corrected chi connectivity index (χ0v) is 21.2. The molecule has 0 radical (unpaired) electrons. The quantitative estimate of drug-likeness (QED) is 0.603. The molecule has 1 unspecified atom stereocenters. The van der Waals surface area contributed by atoms with Crippen molar-refractivity contribution in [3.05, 3.63) is 69.7 Å². The standard InChI is InChI=1S/C26H30BrN3O4/c1-15(2)23(30-13-18-6-4-5-7-21(18)25(30)33)26(34)29-14-20(31)12-22(29)24(32)28-16(3)17-8-10-19(27)11-9-17/h4-11,15-16,20,22-23,31H,12-14H2,1-3H3,(H,28,32)/t16-,20+,22-,23?/m0/s1. The number of benzene rings is 2. The van der Waals surface area contributed by atoms with Gasteiger partial charge in [-0.25, -0.2) is 0 Å². The van der Waals surface area contributed by atoms with E-state index in [4.69, 9.17) is 0 Å². The van der Waals surface area contributed by atoms with E-state index in [-0.39, 0.29) is 42.6 Å². The van der Waals surface area contributed by atoms with Crippen molar-refractivity contribution in [1.29, 1.82) is 0 Å². The number of carbonyl (C=O) groups excluding carboxylic acids is 3. The summed E-state index contributed by atoms with van der Waals surface area (Å²) >= 11 is 3.41. The predicted octanol–water partition coefficient (Wildman–Crippen LogP) is 3.27. The number of rotatable bonds is 6. The first-order valence-electron chi connectivity index (χ1n) is 11.6. The van der Waals surface area contributed by atoms with Crippen molar-refractivity contribution in [3.8, 4) is 0 Å². The predicted molar refractivity (Wildman–Crippen MR) is 132 cm³/mol. The Balaban J connectivity index is 1.52. The summed E-state index contributed by atoms with van der Waals surface area (Å²) in [6.07, 6.45) is -0.620. The van der Waals surface area contributed by atoms with Crippen LogP contribution in [0.1, 0.15) is 54.7 Å². The molecule has 1 fully saturated rings. The number of fused-ring (bicyclic) bond motifs is 1. The van der Waals surface area contributed by atoms with Crippen LogP contribution < -0.4 is 5.32 Å². The van der Waals surface area contributed by atoms with Crippen molar-refractivity contribution in [2.24, 2.45) is 5.92 Å². The van der Waals surface area contributed by atoms with Crippen molar-refractivity contribution in [2.75, 3.05) is 6.54 Å². The summed E-state index contributed by atoms with van der Waals surface area (Å²) < 4.78 is 0.948. The summed E-state index contributed by atoms with van der Waals surface area (Å²) in [6, 6.07) is 13.3. The van der Waals surface area contributed by atoms with Gasteiger partial charge in [-0.3, -0.25) is 14.4 Å². The van der Waals surface area contributed by atoms with Crippen molar-refractivity contribution < 1.29 is 19.5 Å². The third-order valence-electron chi connectivity index (χ3n) is 6.66. The van der Waals surface area contributed by atoms with Crippen LogP contribution in [0.15, 0.2) is 53.0 Å². The third kappa shape index (κ3) is 4.74.